The van der Waals surface area contributed by atoms with Crippen LogP contribution in [0.5, 0.6) is 0 Å². The summed E-state index contributed by atoms with van der Waals surface area (Å²) in [6.45, 7) is 6.11. The molecule has 1 amide bonds. The van der Waals surface area contributed by atoms with E-state index in [1.165, 1.54) is 7.11 Å². The Morgan fingerprint density at radius 2 is 2.26 bits per heavy atom. The fourth-order valence-electron chi connectivity index (χ4n) is 2.00. The van der Waals surface area contributed by atoms with Crippen LogP contribution in [0.3, 0.4) is 0 Å². The van der Waals surface area contributed by atoms with Gasteiger partial charge in [-0.05, 0) is 13.3 Å². The summed E-state index contributed by atoms with van der Waals surface area (Å²) in [4.78, 5) is 25.3. The number of carbonyl (C=O) groups excluding carboxylic acids is 2. The van der Waals surface area contributed by atoms with Gasteiger partial charge in [0.1, 0.15) is 0 Å². The maximum Gasteiger partial charge on any atom is 0.336 e. The van der Waals surface area contributed by atoms with E-state index < -0.39 is 6.10 Å². The fraction of sp³-hybridized carbons (Fsp3) is 0.846. The highest BCUT2D eigenvalue weighted by Gasteiger charge is 2.31. The minimum absolute atomic E-state index is 0.000958. The molecule has 0 spiro atoms. The number of carbonyl (C=O) groups is 2. The molecule has 0 bridgehead atoms. The van der Waals surface area contributed by atoms with Gasteiger partial charge in [0.25, 0.3) is 0 Å². The number of hydrogen-bond acceptors (Lipinski definition) is 5. The predicted octanol–water partition coefficient (Wildman–Crippen LogP) is 0.165. The average molecular weight is 272 g/mol. The Balaban J connectivity index is 2.44. The molecule has 0 radical (unpaired) electrons. The zero-order valence-corrected chi connectivity index (χ0v) is 12.0. The van der Waals surface area contributed by atoms with Crippen molar-refractivity contribution < 1.29 is 19.1 Å². The number of unbranched alkanes of at least 4 members (excludes halogenated alkanes) is 1. The van der Waals surface area contributed by atoms with Crippen molar-refractivity contribution >= 4 is 11.9 Å². The Bertz CT molecular complexity index is 309. The lowest BCUT2D eigenvalue weighted by Gasteiger charge is -2.34. The Labute approximate surface area is 114 Å². The summed E-state index contributed by atoms with van der Waals surface area (Å²) >= 11 is 0. The highest BCUT2D eigenvalue weighted by molar-refractivity contribution is 5.81. The van der Waals surface area contributed by atoms with Gasteiger partial charge in [-0.1, -0.05) is 13.3 Å². The van der Waals surface area contributed by atoms with Gasteiger partial charge >= 0.3 is 5.97 Å². The van der Waals surface area contributed by atoms with Crippen LogP contribution >= 0.6 is 0 Å². The van der Waals surface area contributed by atoms with Gasteiger partial charge in [-0.2, -0.15) is 0 Å². The SMILES string of the molecule is CCCCNC(=O)C(C)N1CCOC(C(=O)OC)C1. The van der Waals surface area contributed by atoms with Crippen LogP contribution in [0.2, 0.25) is 0 Å². The molecule has 0 aromatic heterocycles. The van der Waals surface area contributed by atoms with Crippen molar-refractivity contribution in [1.82, 2.24) is 10.2 Å². The highest BCUT2D eigenvalue weighted by atomic mass is 16.6. The van der Waals surface area contributed by atoms with E-state index in [-0.39, 0.29) is 17.9 Å². The molecule has 0 aromatic carbocycles. The zero-order valence-electron chi connectivity index (χ0n) is 12.0. The Kier molecular flexibility index (Phi) is 6.80. The number of morpholine rings is 1. The first-order valence-electron chi connectivity index (χ1n) is 6.81. The molecule has 2 unspecified atom stereocenters. The zero-order chi connectivity index (χ0) is 14.3. The topological polar surface area (TPSA) is 67.9 Å². The van der Waals surface area contributed by atoms with Gasteiger partial charge in [-0.3, -0.25) is 9.69 Å². The molecule has 1 rings (SSSR count). The van der Waals surface area contributed by atoms with Crippen LogP contribution in [-0.4, -0.2) is 62.3 Å². The summed E-state index contributed by atoms with van der Waals surface area (Å²) in [5.41, 5.74) is 0. The number of esters is 1. The van der Waals surface area contributed by atoms with Crippen molar-refractivity contribution in [1.29, 1.82) is 0 Å². The second-order valence-electron chi connectivity index (χ2n) is 4.70. The Hall–Kier alpha value is -1.14. The van der Waals surface area contributed by atoms with E-state index in [1.54, 1.807) is 0 Å². The van der Waals surface area contributed by atoms with E-state index in [0.29, 0.717) is 26.2 Å². The fourth-order valence-corrected chi connectivity index (χ4v) is 2.00. The molecular weight excluding hydrogens is 248 g/mol. The van der Waals surface area contributed by atoms with Crippen molar-refractivity contribution in [2.75, 3.05) is 33.4 Å². The van der Waals surface area contributed by atoms with E-state index in [0.717, 1.165) is 12.8 Å². The van der Waals surface area contributed by atoms with Crippen molar-refractivity contribution in [2.24, 2.45) is 0 Å². The minimum Gasteiger partial charge on any atom is -0.467 e. The van der Waals surface area contributed by atoms with E-state index >= 15 is 0 Å². The molecule has 1 aliphatic heterocycles. The van der Waals surface area contributed by atoms with Crippen LogP contribution < -0.4 is 5.32 Å². The summed E-state index contributed by atoms with van der Waals surface area (Å²) in [5.74, 6) is -0.387. The molecular formula is C13H24N2O4. The first-order chi connectivity index (χ1) is 9.10. The Morgan fingerprint density at radius 3 is 2.89 bits per heavy atom. The molecule has 1 heterocycles. The summed E-state index contributed by atoms with van der Waals surface area (Å²) in [6.07, 6.45) is 1.44. The molecule has 0 saturated carbocycles. The largest absolute Gasteiger partial charge is 0.467 e. The molecule has 0 aliphatic carbocycles. The van der Waals surface area contributed by atoms with Crippen molar-refractivity contribution in [2.45, 2.75) is 38.8 Å². The third kappa shape index (κ3) is 4.80. The van der Waals surface area contributed by atoms with Crippen molar-refractivity contribution in [3.63, 3.8) is 0 Å². The van der Waals surface area contributed by atoms with Crippen LogP contribution in [0.25, 0.3) is 0 Å². The normalized spacial score (nSPS) is 21.7. The lowest BCUT2D eigenvalue weighted by atomic mass is 10.2. The van der Waals surface area contributed by atoms with Gasteiger partial charge in [-0.15, -0.1) is 0 Å². The van der Waals surface area contributed by atoms with Gasteiger partial charge in [0.2, 0.25) is 5.91 Å². The van der Waals surface area contributed by atoms with Gasteiger partial charge < -0.3 is 14.8 Å². The lowest BCUT2D eigenvalue weighted by Crippen LogP contribution is -2.54. The lowest BCUT2D eigenvalue weighted by molar-refractivity contribution is -0.161. The second-order valence-corrected chi connectivity index (χ2v) is 4.70. The standard InChI is InChI=1S/C13H24N2O4/c1-4-5-6-14-12(16)10(2)15-7-8-19-11(9-15)13(17)18-3/h10-11H,4-9H2,1-3H3,(H,14,16). The van der Waals surface area contributed by atoms with Gasteiger partial charge in [-0.25, -0.2) is 4.79 Å². The average Bonchev–Trinajstić information content (AvgIpc) is 2.45. The first kappa shape index (κ1) is 15.9. The smallest absolute Gasteiger partial charge is 0.336 e. The van der Waals surface area contributed by atoms with Gasteiger partial charge in [0.05, 0.1) is 19.8 Å². The summed E-state index contributed by atoms with van der Waals surface area (Å²) < 4.78 is 10.0. The predicted molar refractivity (Wildman–Crippen MR) is 70.7 cm³/mol. The van der Waals surface area contributed by atoms with Crippen LogP contribution in [-0.2, 0) is 19.1 Å². The van der Waals surface area contributed by atoms with E-state index in [1.807, 2.05) is 11.8 Å². The van der Waals surface area contributed by atoms with Crippen LogP contribution in [0.1, 0.15) is 26.7 Å². The Morgan fingerprint density at radius 1 is 1.53 bits per heavy atom. The molecule has 0 aromatic rings. The molecule has 6 nitrogen and oxygen atoms in total. The maximum atomic E-state index is 12.0. The summed E-state index contributed by atoms with van der Waals surface area (Å²) in [5, 5.41) is 2.90. The second kappa shape index (κ2) is 8.12. The number of hydrogen-bond donors (Lipinski definition) is 1. The summed E-state index contributed by atoms with van der Waals surface area (Å²) in [6, 6.07) is -0.257. The molecule has 2 atom stereocenters. The van der Waals surface area contributed by atoms with Crippen LogP contribution in [0.4, 0.5) is 0 Å². The quantitative estimate of drug-likeness (QED) is 0.551. The van der Waals surface area contributed by atoms with Gasteiger partial charge in [0, 0.05) is 19.6 Å². The van der Waals surface area contributed by atoms with Crippen LogP contribution in [0.15, 0.2) is 0 Å². The maximum absolute atomic E-state index is 12.0. The molecule has 6 heteroatoms. The molecule has 110 valence electrons. The number of rotatable bonds is 6. The van der Waals surface area contributed by atoms with Crippen molar-refractivity contribution in [3.8, 4) is 0 Å². The third-order valence-corrected chi connectivity index (χ3v) is 3.32. The number of nitrogens with one attached hydrogen (secondary N) is 1. The highest BCUT2D eigenvalue weighted by Crippen LogP contribution is 2.10. The minimum atomic E-state index is -0.593. The third-order valence-electron chi connectivity index (χ3n) is 3.32. The first-order valence-corrected chi connectivity index (χ1v) is 6.81. The monoisotopic (exact) mass is 272 g/mol. The summed E-state index contributed by atoms with van der Waals surface area (Å²) in [7, 11) is 1.34. The van der Waals surface area contributed by atoms with E-state index in [2.05, 4.69) is 17.0 Å². The molecule has 1 saturated heterocycles. The number of ether oxygens (including phenoxy) is 2. The molecule has 1 N–H and O–H groups in total. The van der Waals surface area contributed by atoms with E-state index in [9.17, 15) is 9.59 Å². The number of nitrogens with zero attached hydrogens (tertiary/aromatic N) is 1. The van der Waals surface area contributed by atoms with Crippen molar-refractivity contribution in [3.05, 3.63) is 0 Å². The van der Waals surface area contributed by atoms with E-state index in [4.69, 9.17) is 4.74 Å². The number of methoxy groups -OCH3 is 1. The molecule has 19 heavy (non-hydrogen) atoms. The van der Waals surface area contributed by atoms with Gasteiger partial charge in [0.15, 0.2) is 6.10 Å². The van der Waals surface area contributed by atoms with Crippen LogP contribution in [0, 0.1) is 0 Å². The molecule has 1 aliphatic rings. The molecule has 1 fully saturated rings. The number of amides is 1.